The second kappa shape index (κ2) is 9.44. The summed E-state index contributed by atoms with van der Waals surface area (Å²) in [5.74, 6) is 0. The highest BCUT2D eigenvalue weighted by atomic mass is 32.2. The third-order valence-corrected chi connectivity index (χ3v) is 5.80. The fourth-order valence-corrected chi connectivity index (χ4v) is 4.14. The molecule has 1 heterocycles. The Morgan fingerprint density at radius 2 is 1.59 bits per heavy atom. The van der Waals surface area contributed by atoms with Crippen LogP contribution in [-0.2, 0) is 0 Å². The molecule has 3 aromatic carbocycles. The van der Waals surface area contributed by atoms with E-state index in [9.17, 15) is 0 Å². The Hall–Kier alpha value is -3.04. The summed E-state index contributed by atoms with van der Waals surface area (Å²) in [5.41, 5.74) is 5.89. The van der Waals surface area contributed by atoms with Crippen LogP contribution in [-0.4, -0.2) is 25.8 Å². The van der Waals surface area contributed by atoms with Gasteiger partial charge in [0.05, 0.1) is 12.3 Å². The molecule has 0 atom stereocenters. The number of likely N-dealkylation sites (N-methyl/N-ethyl adjacent to an activating group) is 1. The van der Waals surface area contributed by atoms with E-state index in [0.717, 1.165) is 18.8 Å². The molecule has 0 saturated carbocycles. The Labute approximate surface area is 177 Å². The minimum absolute atomic E-state index is 0.807. The maximum atomic E-state index is 4.83. The van der Waals surface area contributed by atoms with Gasteiger partial charge in [0.1, 0.15) is 0 Å². The summed E-state index contributed by atoms with van der Waals surface area (Å²) in [6, 6.07) is 27.4. The van der Waals surface area contributed by atoms with E-state index in [1.54, 1.807) is 11.8 Å². The van der Waals surface area contributed by atoms with E-state index >= 15 is 0 Å². The number of benzene rings is 3. The summed E-state index contributed by atoms with van der Waals surface area (Å²) in [6.07, 6.45) is 6.48. The van der Waals surface area contributed by atoms with Gasteiger partial charge in [-0.25, -0.2) is 0 Å². The van der Waals surface area contributed by atoms with Gasteiger partial charge in [-0.1, -0.05) is 84.6 Å². The minimum atomic E-state index is 0.807. The molecule has 0 aromatic heterocycles. The molecule has 3 heteroatoms. The van der Waals surface area contributed by atoms with Gasteiger partial charge < -0.3 is 4.90 Å². The van der Waals surface area contributed by atoms with Crippen LogP contribution in [0, 0.1) is 0 Å². The van der Waals surface area contributed by atoms with Crippen molar-refractivity contribution in [2.45, 2.75) is 4.90 Å². The highest BCUT2D eigenvalue weighted by molar-refractivity contribution is 8.02. The average Bonchev–Trinajstić information content (AvgIpc) is 2.93. The van der Waals surface area contributed by atoms with Gasteiger partial charge in [0.2, 0.25) is 0 Å². The van der Waals surface area contributed by atoms with Crippen LogP contribution < -0.4 is 4.90 Å². The number of anilines is 1. The van der Waals surface area contributed by atoms with Gasteiger partial charge >= 0.3 is 0 Å². The molecular weight excluding hydrogens is 372 g/mol. The van der Waals surface area contributed by atoms with Crippen molar-refractivity contribution >= 4 is 35.3 Å². The molecule has 0 unspecified atom stereocenters. The number of allylic oxidation sites excluding steroid dienone is 1. The zero-order valence-electron chi connectivity index (χ0n) is 16.5. The summed E-state index contributed by atoms with van der Waals surface area (Å²) < 4.78 is 0. The zero-order chi connectivity index (χ0) is 19.9. The predicted octanol–water partition coefficient (Wildman–Crippen LogP) is 6.40. The maximum Gasteiger partial charge on any atom is 0.0668 e. The Morgan fingerprint density at radius 3 is 2.48 bits per heavy atom. The number of hydrogen-bond donors (Lipinski definition) is 0. The van der Waals surface area contributed by atoms with Crippen LogP contribution in [0.2, 0.25) is 0 Å². The van der Waals surface area contributed by atoms with E-state index in [0.29, 0.717) is 0 Å². The standard InChI is InChI=1S/C26H24N2S/c1-28-19-18-27-24(23-12-6-7-13-25(23)28)16-15-22-11-5-8-14-26(22)29-20-17-21-9-3-2-4-10-21/h2-17,20H,18-19H2,1H3/b16-15+,20-17+. The topological polar surface area (TPSA) is 15.6 Å². The van der Waals surface area contributed by atoms with Crippen molar-refractivity contribution in [1.82, 2.24) is 0 Å². The molecule has 0 amide bonds. The first-order valence-electron chi connectivity index (χ1n) is 9.81. The Morgan fingerprint density at radius 1 is 0.828 bits per heavy atom. The largest absolute Gasteiger partial charge is 0.372 e. The maximum absolute atomic E-state index is 4.83. The number of para-hydroxylation sites is 1. The molecule has 3 aromatic rings. The number of aliphatic imine (C=N–C) groups is 1. The molecule has 0 spiro atoms. The number of nitrogens with zero attached hydrogens (tertiary/aromatic N) is 2. The van der Waals surface area contributed by atoms with Crippen LogP contribution in [0.3, 0.4) is 0 Å². The lowest BCUT2D eigenvalue weighted by Crippen LogP contribution is -2.20. The van der Waals surface area contributed by atoms with Crippen molar-refractivity contribution in [3.05, 3.63) is 107 Å². The quantitative estimate of drug-likeness (QED) is 0.464. The fraction of sp³-hybridized carbons (Fsp3) is 0.115. The van der Waals surface area contributed by atoms with Crippen LogP contribution in [0.1, 0.15) is 16.7 Å². The third kappa shape index (κ3) is 4.87. The smallest absolute Gasteiger partial charge is 0.0668 e. The van der Waals surface area contributed by atoms with E-state index in [2.05, 4.69) is 108 Å². The second-order valence-corrected chi connectivity index (χ2v) is 7.86. The molecule has 29 heavy (non-hydrogen) atoms. The normalized spacial score (nSPS) is 14.1. The first-order chi connectivity index (χ1) is 14.3. The van der Waals surface area contributed by atoms with Crippen LogP contribution in [0.15, 0.2) is 100 Å². The molecule has 0 radical (unpaired) electrons. The van der Waals surface area contributed by atoms with Gasteiger partial charge in [0.15, 0.2) is 0 Å². The van der Waals surface area contributed by atoms with Gasteiger partial charge in [-0.15, -0.1) is 0 Å². The van der Waals surface area contributed by atoms with Crippen molar-refractivity contribution in [3.63, 3.8) is 0 Å². The summed E-state index contributed by atoms with van der Waals surface area (Å²) >= 11 is 1.74. The number of fused-ring (bicyclic) bond motifs is 1. The predicted molar refractivity (Wildman–Crippen MR) is 128 cm³/mol. The van der Waals surface area contributed by atoms with E-state index in [4.69, 9.17) is 4.99 Å². The Kier molecular flexibility index (Phi) is 6.28. The van der Waals surface area contributed by atoms with E-state index in [1.807, 2.05) is 6.07 Å². The van der Waals surface area contributed by atoms with E-state index < -0.39 is 0 Å². The van der Waals surface area contributed by atoms with Crippen molar-refractivity contribution in [2.75, 3.05) is 25.0 Å². The van der Waals surface area contributed by atoms with Crippen molar-refractivity contribution in [3.8, 4) is 0 Å². The molecule has 1 aliphatic heterocycles. The fourth-order valence-electron chi connectivity index (χ4n) is 3.34. The van der Waals surface area contributed by atoms with Crippen molar-refractivity contribution in [1.29, 1.82) is 0 Å². The molecule has 1 aliphatic rings. The molecule has 0 aliphatic carbocycles. The number of rotatable bonds is 5. The minimum Gasteiger partial charge on any atom is -0.372 e. The number of thioether (sulfide) groups is 1. The summed E-state index contributed by atoms with van der Waals surface area (Å²) in [4.78, 5) is 8.34. The Balaban J connectivity index is 1.56. The molecule has 144 valence electrons. The monoisotopic (exact) mass is 396 g/mol. The molecule has 0 bridgehead atoms. The van der Waals surface area contributed by atoms with Crippen LogP contribution in [0.4, 0.5) is 5.69 Å². The first kappa shape index (κ1) is 19.3. The third-order valence-electron chi connectivity index (χ3n) is 4.90. The summed E-state index contributed by atoms with van der Waals surface area (Å²) in [5, 5.41) is 2.15. The summed E-state index contributed by atoms with van der Waals surface area (Å²) in [6.45, 7) is 1.74. The van der Waals surface area contributed by atoms with Gasteiger partial charge in [0, 0.05) is 29.7 Å². The van der Waals surface area contributed by atoms with Crippen molar-refractivity contribution < 1.29 is 0 Å². The number of benzodiazepines with no additional fused rings is 1. The molecule has 4 rings (SSSR count). The zero-order valence-corrected chi connectivity index (χ0v) is 17.3. The van der Waals surface area contributed by atoms with Gasteiger partial charge in [-0.3, -0.25) is 4.99 Å². The van der Waals surface area contributed by atoms with Gasteiger partial charge in [-0.2, -0.15) is 0 Å². The SMILES string of the molecule is CN1CCN=C(/C=C/c2ccccc2S/C=C/c2ccccc2)c2ccccc21. The molecule has 0 N–H and O–H groups in total. The lowest BCUT2D eigenvalue weighted by molar-refractivity contribution is 0.897. The van der Waals surface area contributed by atoms with Crippen LogP contribution >= 0.6 is 11.8 Å². The number of hydrogen-bond acceptors (Lipinski definition) is 3. The average molecular weight is 397 g/mol. The molecule has 0 fully saturated rings. The van der Waals surface area contributed by atoms with E-state index in [-0.39, 0.29) is 0 Å². The molecular formula is C26H24N2S. The molecule has 2 nitrogen and oxygen atoms in total. The van der Waals surface area contributed by atoms with Crippen LogP contribution in [0.5, 0.6) is 0 Å². The first-order valence-corrected chi connectivity index (χ1v) is 10.7. The van der Waals surface area contributed by atoms with E-state index in [1.165, 1.54) is 27.3 Å². The molecule has 0 saturated heterocycles. The van der Waals surface area contributed by atoms with Crippen LogP contribution in [0.25, 0.3) is 12.2 Å². The highest BCUT2D eigenvalue weighted by Crippen LogP contribution is 2.27. The summed E-state index contributed by atoms with van der Waals surface area (Å²) in [7, 11) is 2.13. The van der Waals surface area contributed by atoms with Crippen molar-refractivity contribution in [2.24, 2.45) is 4.99 Å². The van der Waals surface area contributed by atoms with Gasteiger partial charge in [-0.05, 0) is 40.8 Å². The lowest BCUT2D eigenvalue weighted by Gasteiger charge is -2.18. The van der Waals surface area contributed by atoms with Gasteiger partial charge in [0.25, 0.3) is 0 Å². The second-order valence-electron chi connectivity index (χ2n) is 6.91. The Bertz CT molecular complexity index is 1050. The highest BCUT2D eigenvalue weighted by Gasteiger charge is 2.13. The lowest BCUT2D eigenvalue weighted by atomic mass is 10.1.